The third kappa shape index (κ3) is 3.50. The zero-order valence-electron chi connectivity index (χ0n) is 14.4. The van der Waals surface area contributed by atoms with Gasteiger partial charge in [0, 0.05) is 22.6 Å². The van der Waals surface area contributed by atoms with Crippen molar-refractivity contribution in [1.29, 1.82) is 0 Å². The first-order valence-electron chi connectivity index (χ1n) is 8.44. The molecular weight excluding hydrogens is 385 g/mol. The second-order valence-electron chi connectivity index (χ2n) is 6.14. The monoisotopic (exact) mass is 399 g/mol. The van der Waals surface area contributed by atoms with Crippen LogP contribution in [0.15, 0.2) is 54.3 Å². The van der Waals surface area contributed by atoms with Gasteiger partial charge in [-0.25, -0.2) is 9.18 Å². The van der Waals surface area contributed by atoms with Crippen molar-refractivity contribution >= 4 is 40.0 Å². The molecule has 28 heavy (non-hydrogen) atoms. The van der Waals surface area contributed by atoms with Crippen LogP contribution in [-0.2, 0) is 14.3 Å². The highest BCUT2D eigenvalue weighted by Crippen LogP contribution is 2.41. The molecule has 4 rings (SSSR count). The Hall–Kier alpha value is -3.13. The molecule has 0 aromatic heterocycles. The number of ether oxygens (including phenoxy) is 2. The van der Waals surface area contributed by atoms with Gasteiger partial charge in [-0.3, -0.25) is 14.9 Å². The first-order valence-corrected chi connectivity index (χ1v) is 9.43. The van der Waals surface area contributed by atoms with Crippen LogP contribution < -0.4 is 5.32 Å². The molecule has 2 aliphatic rings. The summed E-state index contributed by atoms with van der Waals surface area (Å²) >= 11 is 1.39. The standard InChI is InChI=1S/C20H14FNO5S/c21-11-5-7-12(8-6-11)22-20(25)26-9-13-10-28-19-15-4-2-1-3-14(15)16(23)17(24)18(19)27-13/h1-8,13H,9-10H2,(H,22,25). The fourth-order valence-corrected chi connectivity index (χ4v) is 4.02. The van der Waals surface area contributed by atoms with E-state index in [1.165, 1.54) is 36.0 Å². The zero-order valence-corrected chi connectivity index (χ0v) is 15.3. The van der Waals surface area contributed by atoms with Gasteiger partial charge in [-0.05, 0) is 24.3 Å². The lowest BCUT2D eigenvalue weighted by Gasteiger charge is -2.29. The van der Waals surface area contributed by atoms with Crippen LogP contribution in [0.3, 0.4) is 0 Å². The van der Waals surface area contributed by atoms with Crippen LogP contribution in [0.2, 0.25) is 0 Å². The van der Waals surface area contributed by atoms with Crippen LogP contribution in [-0.4, -0.2) is 36.1 Å². The molecular formula is C20H14FNO5S. The Morgan fingerprint density at radius 2 is 1.82 bits per heavy atom. The van der Waals surface area contributed by atoms with E-state index in [1.54, 1.807) is 24.3 Å². The SMILES string of the molecule is O=C(Nc1ccc(F)cc1)OCC1CSC2=C(O1)C(=O)C(=O)c1ccccc12. The van der Waals surface area contributed by atoms with Crippen LogP contribution in [0.25, 0.3) is 4.91 Å². The van der Waals surface area contributed by atoms with E-state index in [4.69, 9.17) is 9.47 Å². The van der Waals surface area contributed by atoms with Crippen LogP contribution in [0, 0.1) is 5.82 Å². The zero-order chi connectivity index (χ0) is 19.7. The summed E-state index contributed by atoms with van der Waals surface area (Å²) < 4.78 is 23.7. The minimum absolute atomic E-state index is 0.00694. The average molecular weight is 399 g/mol. The lowest BCUT2D eigenvalue weighted by atomic mass is 9.94. The fraction of sp³-hybridized carbons (Fsp3) is 0.150. The number of carbonyl (C=O) groups excluding carboxylic acids is 3. The van der Waals surface area contributed by atoms with Crippen molar-refractivity contribution < 1.29 is 28.2 Å². The van der Waals surface area contributed by atoms with Gasteiger partial charge in [0.15, 0.2) is 5.76 Å². The Kier molecular flexibility index (Phi) is 4.87. The molecule has 1 N–H and O–H groups in total. The van der Waals surface area contributed by atoms with Gasteiger partial charge in [0.25, 0.3) is 5.78 Å². The Balaban J connectivity index is 1.41. The topological polar surface area (TPSA) is 81.7 Å². The van der Waals surface area contributed by atoms with E-state index in [9.17, 15) is 18.8 Å². The van der Waals surface area contributed by atoms with Gasteiger partial charge >= 0.3 is 6.09 Å². The number of anilines is 1. The molecule has 0 radical (unpaired) electrons. The molecule has 1 atom stereocenters. The molecule has 1 aliphatic heterocycles. The molecule has 8 heteroatoms. The molecule has 0 saturated carbocycles. The minimum atomic E-state index is -0.726. The molecule has 1 unspecified atom stereocenters. The van der Waals surface area contributed by atoms with Gasteiger partial charge in [-0.15, -0.1) is 11.8 Å². The summed E-state index contributed by atoms with van der Waals surface area (Å²) in [5.74, 6) is -1.25. The van der Waals surface area contributed by atoms with Crippen molar-refractivity contribution in [2.75, 3.05) is 17.7 Å². The van der Waals surface area contributed by atoms with E-state index in [2.05, 4.69) is 5.32 Å². The molecule has 2 aromatic carbocycles. The number of allylic oxidation sites excluding steroid dienone is 1. The maximum atomic E-state index is 12.9. The molecule has 0 fully saturated rings. The maximum Gasteiger partial charge on any atom is 0.411 e. The minimum Gasteiger partial charge on any atom is -0.481 e. The Bertz CT molecular complexity index is 1000. The maximum absolute atomic E-state index is 12.9. The Morgan fingerprint density at radius 3 is 2.57 bits per heavy atom. The number of fused-ring (bicyclic) bond motifs is 2. The van der Waals surface area contributed by atoms with E-state index in [1.807, 2.05) is 0 Å². The first-order chi connectivity index (χ1) is 13.5. The largest absolute Gasteiger partial charge is 0.481 e. The highest BCUT2D eigenvalue weighted by atomic mass is 32.2. The van der Waals surface area contributed by atoms with Gasteiger partial charge in [-0.1, -0.05) is 24.3 Å². The van der Waals surface area contributed by atoms with Gasteiger partial charge < -0.3 is 9.47 Å². The van der Waals surface area contributed by atoms with Crippen LogP contribution in [0.4, 0.5) is 14.9 Å². The summed E-state index contributed by atoms with van der Waals surface area (Å²) in [6.45, 7) is -0.0973. The van der Waals surface area contributed by atoms with Crippen LogP contribution in [0.5, 0.6) is 0 Å². The molecule has 1 heterocycles. The van der Waals surface area contributed by atoms with E-state index >= 15 is 0 Å². The molecule has 0 saturated heterocycles. The van der Waals surface area contributed by atoms with Gasteiger partial charge in [-0.2, -0.15) is 0 Å². The number of hydrogen-bond donors (Lipinski definition) is 1. The van der Waals surface area contributed by atoms with E-state index in [0.717, 1.165) is 0 Å². The number of amides is 1. The molecule has 1 aliphatic carbocycles. The van der Waals surface area contributed by atoms with E-state index in [-0.39, 0.29) is 12.4 Å². The van der Waals surface area contributed by atoms with E-state index < -0.39 is 29.6 Å². The number of Topliss-reactive ketones (excluding diaryl/α,β-unsaturated/α-hetero) is 2. The van der Waals surface area contributed by atoms with Crippen molar-refractivity contribution in [3.63, 3.8) is 0 Å². The summed E-state index contributed by atoms with van der Waals surface area (Å²) in [5, 5.41) is 2.47. The molecule has 0 bridgehead atoms. The highest BCUT2D eigenvalue weighted by Gasteiger charge is 2.38. The lowest BCUT2D eigenvalue weighted by molar-refractivity contribution is -0.116. The predicted molar refractivity (Wildman–Crippen MR) is 101 cm³/mol. The average Bonchev–Trinajstić information content (AvgIpc) is 2.72. The number of rotatable bonds is 3. The first kappa shape index (κ1) is 18.2. The highest BCUT2D eigenvalue weighted by molar-refractivity contribution is 8.08. The van der Waals surface area contributed by atoms with Crippen molar-refractivity contribution in [3.05, 3.63) is 71.2 Å². The second-order valence-corrected chi connectivity index (χ2v) is 7.17. The number of hydrogen-bond acceptors (Lipinski definition) is 6. The molecule has 2 aromatic rings. The van der Waals surface area contributed by atoms with Crippen molar-refractivity contribution in [3.8, 4) is 0 Å². The van der Waals surface area contributed by atoms with Gasteiger partial charge in [0.1, 0.15) is 18.5 Å². The smallest absolute Gasteiger partial charge is 0.411 e. The molecule has 142 valence electrons. The lowest BCUT2D eigenvalue weighted by Crippen LogP contribution is -2.34. The Labute approximate surface area is 163 Å². The second kappa shape index (κ2) is 7.47. The summed E-state index contributed by atoms with van der Waals surface area (Å²) in [6, 6.07) is 12.1. The summed E-state index contributed by atoms with van der Waals surface area (Å²) in [4.78, 5) is 37.2. The summed E-state index contributed by atoms with van der Waals surface area (Å²) in [7, 11) is 0. The third-order valence-electron chi connectivity index (χ3n) is 4.22. The van der Waals surface area contributed by atoms with Crippen molar-refractivity contribution in [1.82, 2.24) is 0 Å². The normalized spacial score (nSPS) is 18.1. The number of nitrogens with one attached hydrogen (secondary N) is 1. The van der Waals surface area contributed by atoms with Crippen LogP contribution >= 0.6 is 11.8 Å². The molecule has 6 nitrogen and oxygen atoms in total. The van der Waals surface area contributed by atoms with Crippen molar-refractivity contribution in [2.24, 2.45) is 0 Å². The van der Waals surface area contributed by atoms with Gasteiger partial charge in [0.2, 0.25) is 5.78 Å². The molecule has 0 spiro atoms. The van der Waals surface area contributed by atoms with E-state index in [0.29, 0.717) is 27.5 Å². The fourth-order valence-electron chi connectivity index (χ4n) is 2.90. The predicted octanol–water partition coefficient (Wildman–Crippen LogP) is 3.64. The van der Waals surface area contributed by atoms with Crippen molar-refractivity contribution in [2.45, 2.75) is 6.10 Å². The third-order valence-corrected chi connectivity index (χ3v) is 5.46. The number of halogens is 1. The summed E-state index contributed by atoms with van der Waals surface area (Å²) in [5.41, 5.74) is 1.44. The van der Waals surface area contributed by atoms with Crippen LogP contribution in [0.1, 0.15) is 15.9 Å². The van der Waals surface area contributed by atoms with Gasteiger partial charge in [0.05, 0.1) is 4.91 Å². The summed E-state index contributed by atoms with van der Waals surface area (Å²) in [6.07, 6.45) is -1.29. The number of benzene rings is 2. The number of thioether (sulfide) groups is 1. The number of carbonyl (C=O) groups is 3. The molecule has 1 amide bonds. The Morgan fingerprint density at radius 1 is 1.11 bits per heavy atom. The number of ketones is 2. The quantitative estimate of drug-likeness (QED) is 0.794.